The SMILES string of the molecule is c1ccc(N(c2ccc3oc4ccc5ccccc5c4c3c2)c2cccc3c4ccccc4n(-c4ccccc4)c23)cc1. The molecule has 0 unspecified atom stereocenters. The number of fused-ring (bicyclic) bond motifs is 8. The molecule has 7 aromatic carbocycles. The van der Waals surface area contributed by atoms with Crippen molar-refractivity contribution in [1.29, 1.82) is 0 Å². The first-order chi connectivity index (χ1) is 21.3. The number of nitrogens with zero attached hydrogens (tertiary/aromatic N) is 2. The Morgan fingerprint density at radius 3 is 2.02 bits per heavy atom. The number of aromatic nitrogens is 1. The second-order valence-electron chi connectivity index (χ2n) is 11.0. The van der Waals surface area contributed by atoms with Gasteiger partial charge in [-0.25, -0.2) is 0 Å². The van der Waals surface area contributed by atoms with E-state index in [2.05, 4.69) is 167 Å². The Morgan fingerprint density at radius 1 is 0.465 bits per heavy atom. The van der Waals surface area contributed by atoms with E-state index in [1.807, 2.05) is 0 Å². The van der Waals surface area contributed by atoms with Gasteiger partial charge in [0.25, 0.3) is 0 Å². The predicted octanol–water partition coefficient (Wildman–Crippen LogP) is 11.3. The molecule has 0 aliphatic rings. The van der Waals surface area contributed by atoms with Gasteiger partial charge in [0.05, 0.1) is 16.7 Å². The minimum Gasteiger partial charge on any atom is -0.456 e. The average Bonchev–Trinajstić information content (AvgIpc) is 3.62. The average molecular weight is 551 g/mol. The van der Waals surface area contributed by atoms with E-state index in [4.69, 9.17) is 4.42 Å². The summed E-state index contributed by atoms with van der Waals surface area (Å²) in [6, 6.07) is 56.0. The molecule has 9 aromatic rings. The zero-order chi connectivity index (χ0) is 28.3. The van der Waals surface area contributed by atoms with Gasteiger partial charge in [-0.15, -0.1) is 0 Å². The lowest BCUT2D eigenvalue weighted by molar-refractivity contribution is 0.669. The lowest BCUT2D eigenvalue weighted by Crippen LogP contribution is -2.11. The fraction of sp³-hybridized carbons (Fsp3) is 0. The van der Waals surface area contributed by atoms with E-state index < -0.39 is 0 Å². The molecule has 202 valence electrons. The molecule has 43 heavy (non-hydrogen) atoms. The molecule has 0 atom stereocenters. The summed E-state index contributed by atoms with van der Waals surface area (Å²) in [5.74, 6) is 0. The molecule has 0 N–H and O–H groups in total. The molecular weight excluding hydrogens is 524 g/mol. The van der Waals surface area contributed by atoms with Crippen LogP contribution < -0.4 is 4.90 Å². The van der Waals surface area contributed by atoms with Crippen LogP contribution in [-0.2, 0) is 0 Å². The van der Waals surface area contributed by atoms with E-state index in [1.54, 1.807) is 0 Å². The van der Waals surface area contributed by atoms with E-state index in [0.29, 0.717) is 0 Å². The highest BCUT2D eigenvalue weighted by atomic mass is 16.3. The Kier molecular flexibility index (Phi) is 5.20. The number of hydrogen-bond donors (Lipinski definition) is 0. The van der Waals surface area contributed by atoms with Gasteiger partial charge in [-0.05, 0) is 71.4 Å². The second-order valence-corrected chi connectivity index (χ2v) is 11.0. The highest BCUT2D eigenvalue weighted by Crippen LogP contribution is 2.45. The van der Waals surface area contributed by atoms with Crippen molar-refractivity contribution in [2.45, 2.75) is 0 Å². The highest BCUT2D eigenvalue weighted by Gasteiger charge is 2.22. The second kappa shape index (κ2) is 9.37. The van der Waals surface area contributed by atoms with Crippen LogP contribution in [0.1, 0.15) is 0 Å². The molecule has 9 rings (SSSR count). The maximum absolute atomic E-state index is 6.37. The van der Waals surface area contributed by atoms with Crippen LogP contribution in [0.25, 0.3) is 60.2 Å². The number of anilines is 3. The van der Waals surface area contributed by atoms with Crippen LogP contribution in [0.15, 0.2) is 162 Å². The first-order valence-electron chi connectivity index (χ1n) is 14.6. The molecule has 0 saturated heterocycles. The van der Waals surface area contributed by atoms with E-state index >= 15 is 0 Å². The van der Waals surface area contributed by atoms with Crippen molar-refractivity contribution in [3.05, 3.63) is 158 Å². The summed E-state index contributed by atoms with van der Waals surface area (Å²) in [5.41, 5.74) is 8.57. The minimum atomic E-state index is 0.889. The van der Waals surface area contributed by atoms with Crippen molar-refractivity contribution in [1.82, 2.24) is 4.57 Å². The van der Waals surface area contributed by atoms with Gasteiger partial charge in [0.15, 0.2) is 0 Å². The van der Waals surface area contributed by atoms with Gasteiger partial charge in [0, 0.05) is 38.6 Å². The van der Waals surface area contributed by atoms with Gasteiger partial charge < -0.3 is 13.9 Å². The third-order valence-corrected chi connectivity index (χ3v) is 8.54. The smallest absolute Gasteiger partial charge is 0.136 e. The van der Waals surface area contributed by atoms with E-state index in [0.717, 1.165) is 44.7 Å². The van der Waals surface area contributed by atoms with Crippen LogP contribution in [0.5, 0.6) is 0 Å². The van der Waals surface area contributed by atoms with E-state index in [-0.39, 0.29) is 0 Å². The molecule has 0 amide bonds. The predicted molar refractivity (Wildman–Crippen MR) is 180 cm³/mol. The van der Waals surface area contributed by atoms with Gasteiger partial charge in [0.2, 0.25) is 0 Å². The summed E-state index contributed by atoms with van der Waals surface area (Å²) in [4.78, 5) is 2.38. The van der Waals surface area contributed by atoms with Gasteiger partial charge >= 0.3 is 0 Å². The van der Waals surface area contributed by atoms with E-state index in [9.17, 15) is 0 Å². The molecule has 3 nitrogen and oxygen atoms in total. The number of benzene rings is 7. The first kappa shape index (κ1) is 23.9. The van der Waals surface area contributed by atoms with E-state index in [1.165, 1.54) is 32.6 Å². The van der Waals surface area contributed by atoms with Crippen LogP contribution in [0.4, 0.5) is 17.1 Å². The molecule has 0 spiro atoms. The summed E-state index contributed by atoms with van der Waals surface area (Å²) >= 11 is 0. The Bertz CT molecular complexity index is 2450. The number of hydrogen-bond acceptors (Lipinski definition) is 2. The summed E-state index contributed by atoms with van der Waals surface area (Å²) in [6.45, 7) is 0. The Labute approximate surface area is 248 Å². The standard InChI is InChI=1S/C40H26N2O/c1-3-13-28(14-4-1)41(30-23-25-37-34(26-30)39-31-17-8-7-12-27(31)22-24-38(39)43-37)36-21-11-19-33-32-18-9-10-20-35(32)42(40(33)36)29-15-5-2-6-16-29/h1-26H. The Balaban J connectivity index is 1.38. The van der Waals surface area contributed by atoms with Gasteiger partial charge in [-0.1, -0.05) is 97.1 Å². The number of furan rings is 1. The van der Waals surface area contributed by atoms with Gasteiger partial charge in [-0.2, -0.15) is 0 Å². The first-order valence-corrected chi connectivity index (χ1v) is 14.6. The maximum Gasteiger partial charge on any atom is 0.136 e. The normalized spacial score (nSPS) is 11.7. The molecule has 0 saturated carbocycles. The van der Waals surface area contributed by atoms with Crippen LogP contribution in [0, 0.1) is 0 Å². The largest absolute Gasteiger partial charge is 0.456 e. The molecule has 2 heterocycles. The van der Waals surface area contributed by atoms with Crippen molar-refractivity contribution in [2.75, 3.05) is 4.90 Å². The highest BCUT2D eigenvalue weighted by molar-refractivity contribution is 6.20. The lowest BCUT2D eigenvalue weighted by Gasteiger charge is -2.27. The molecule has 0 fully saturated rings. The topological polar surface area (TPSA) is 21.3 Å². The van der Waals surface area contributed by atoms with Crippen LogP contribution in [0.3, 0.4) is 0 Å². The lowest BCUT2D eigenvalue weighted by atomic mass is 10.0. The van der Waals surface area contributed by atoms with Gasteiger partial charge in [0.1, 0.15) is 11.2 Å². The zero-order valence-electron chi connectivity index (χ0n) is 23.3. The maximum atomic E-state index is 6.37. The summed E-state index contributed by atoms with van der Waals surface area (Å²) in [7, 11) is 0. The summed E-state index contributed by atoms with van der Waals surface area (Å²) in [5, 5.41) is 7.13. The number of para-hydroxylation sites is 4. The quantitative estimate of drug-likeness (QED) is 0.217. The van der Waals surface area contributed by atoms with Crippen LogP contribution >= 0.6 is 0 Å². The summed E-state index contributed by atoms with van der Waals surface area (Å²) < 4.78 is 8.77. The Morgan fingerprint density at radius 2 is 1.16 bits per heavy atom. The summed E-state index contributed by atoms with van der Waals surface area (Å²) in [6.07, 6.45) is 0. The molecular formula is C40H26N2O. The van der Waals surface area contributed by atoms with Crippen LogP contribution in [0.2, 0.25) is 0 Å². The van der Waals surface area contributed by atoms with Crippen molar-refractivity contribution in [3.8, 4) is 5.69 Å². The van der Waals surface area contributed by atoms with Crippen molar-refractivity contribution < 1.29 is 4.42 Å². The Hall–Kier alpha value is -5.80. The molecule has 0 aliphatic carbocycles. The third-order valence-electron chi connectivity index (χ3n) is 8.54. The van der Waals surface area contributed by atoms with Crippen molar-refractivity contribution >= 4 is 71.6 Å². The van der Waals surface area contributed by atoms with Crippen molar-refractivity contribution in [3.63, 3.8) is 0 Å². The number of rotatable bonds is 4. The molecule has 2 aromatic heterocycles. The molecule has 0 aliphatic heterocycles. The fourth-order valence-corrected chi connectivity index (χ4v) is 6.70. The van der Waals surface area contributed by atoms with Crippen LogP contribution in [-0.4, -0.2) is 4.57 Å². The molecule has 0 bridgehead atoms. The fourth-order valence-electron chi connectivity index (χ4n) is 6.70. The minimum absolute atomic E-state index is 0.889. The molecule has 3 heteroatoms. The monoisotopic (exact) mass is 550 g/mol. The molecule has 0 radical (unpaired) electrons. The van der Waals surface area contributed by atoms with Crippen molar-refractivity contribution in [2.24, 2.45) is 0 Å². The third kappa shape index (κ3) is 3.62. The zero-order valence-corrected chi connectivity index (χ0v) is 23.3. The van der Waals surface area contributed by atoms with Gasteiger partial charge in [-0.3, -0.25) is 0 Å².